The summed E-state index contributed by atoms with van der Waals surface area (Å²) in [4.78, 5) is 12.4. The molecule has 150 valence electrons. The SMILES string of the molecule is COc1ccc(S(=O)(=O)N2CCCCC2)cc1NC(=O)c1ccc(F)cc1F. The lowest BCUT2D eigenvalue weighted by Crippen LogP contribution is -2.35. The van der Waals surface area contributed by atoms with E-state index in [9.17, 15) is 22.0 Å². The third-order valence-electron chi connectivity index (χ3n) is 4.55. The van der Waals surface area contributed by atoms with Gasteiger partial charge in [-0.15, -0.1) is 0 Å². The molecule has 0 bridgehead atoms. The maximum Gasteiger partial charge on any atom is 0.258 e. The molecule has 0 unspecified atom stereocenters. The van der Waals surface area contributed by atoms with Crippen molar-refractivity contribution in [1.29, 1.82) is 0 Å². The zero-order valence-electron chi connectivity index (χ0n) is 15.2. The number of hydrogen-bond acceptors (Lipinski definition) is 4. The number of nitrogens with zero attached hydrogens (tertiary/aromatic N) is 1. The lowest BCUT2D eigenvalue weighted by Gasteiger charge is -2.26. The number of carbonyl (C=O) groups is 1. The lowest BCUT2D eigenvalue weighted by atomic mass is 10.2. The van der Waals surface area contributed by atoms with Crippen LogP contribution in [0.5, 0.6) is 5.75 Å². The Morgan fingerprint density at radius 2 is 1.79 bits per heavy atom. The molecule has 0 aliphatic carbocycles. The van der Waals surface area contributed by atoms with E-state index in [0.717, 1.165) is 31.4 Å². The van der Waals surface area contributed by atoms with Gasteiger partial charge in [-0.05, 0) is 43.2 Å². The van der Waals surface area contributed by atoms with Crippen molar-refractivity contribution in [3.63, 3.8) is 0 Å². The quantitative estimate of drug-likeness (QED) is 0.820. The summed E-state index contributed by atoms with van der Waals surface area (Å²) in [5.41, 5.74) is -0.290. The maximum atomic E-state index is 13.9. The van der Waals surface area contributed by atoms with Crippen LogP contribution in [0.2, 0.25) is 0 Å². The van der Waals surface area contributed by atoms with E-state index >= 15 is 0 Å². The number of ether oxygens (including phenoxy) is 1. The fraction of sp³-hybridized carbons (Fsp3) is 0.316. The smallest absolute Gasteiger partial charge is 0.258 e. The van der Waals surface area contributed by atoms with Crippen molar-refractivity contribution in [2.75, 3.05) is 25.5 Å². The van der Waals surface area contributed by atoms with Crippen LogP contribution in [0.3, 0.4) is 0 Å². The van der Waals surface area contributed by atoms with E-state index in [-0.39, 0.29) is 21.9 Å². The molecule has 0 radical (unpaired) electrons. The summed E-state index contributed by atoms with van der Waals surface area (Å²) in [5.74, 6) is -2.45. The molecule has 1 fully saturated rings. The van der Waals surface area contributed by atoms with Crippen LogP contribution in [-0.2, 0) is 10.0 Å². The molecule has 0 spiro atoms. The van der Waals surface area contributed by atoms with Gasteiger partial charge in [-0.25, -0.2) is 17.2 Å². The van der Waals surface area contributed by atoms with E-state index in [4.69, 9.17) is 4.74 Å². The monoisotopic (exact) mass is 410 g/mol. The van der Waals surface area contributed by atoms with Gasteiger partial charge in [-0.1, -0.05) is 6.42 Å². The van der Waals surface area contributed by atoms with E-state index in [1.54, 1.807) is 0 Å². The minimum absolute atomic E-state index is 0.00470. The van der Waals surface area contributed by atoms with Crippen molar-refractivity contribution >= 4 is 21.6 Å². The summed E-state index contributed by atoms with van der Waals surface area (Å²) in [6.45, 7) is 0.883. The fourth-order valence-corrected chi connectivity index (χ4v) is 4.61. The van der Waals surface area contributed by atoms with Gasteiger partial charge in [0, 0.05) is 19.2 Å². The van der Waals surface area contributed by atoms with Crippen molar-refractivity contribution in [2.24, 2.45) is 0 Å². The number of sulfonamides is 1. The predicted molar refractivity (Wildman–Crippen MR) is 99.9 cm³/mol. The van der Waals surface area contributed by atoms with E-state index < -0.39 is 27.6 Å². The molecule has 0 atom stereocenters. The molecule has 2 aromatic rings. The number of anilines is 1. The van der Waals surface area contributed by atoms with Gasteiger partial charge in [0.2, 0.25) is 10.0 Å². The minimum atomic E-state index is -3.72. The Hall–Kier alpha value is -2.52. The van der Waals surface area contributed by atoms with Gasteiger partial charge < -0.3 is 10.1 Å². The molecule has 1 aliphatic rings. The molecule has 6 nitrogen and oxygen atoms in total. The van der Waals surface area contributed by atoms with Crippen molar-refractivity contribution in [3.05, 3.63) is 53.6 Å². The number of rotatable bonds is 5. The number of benzene rings is 2. The van der Waals surface area contributed by atoms with Crippen LogP contribution in [0.1, 0.15) is 29.6 Å². The third-order valence-corrected chi connectivity index (χ3v) is 6.44. The Bertz CT molecular complexity index is 989. The normalized spacial score (nSPS) is 15.2. The molecule has 28 heavy (non-hydrogen) atoms. The number of amides is 1. The summed E-state index contributed by atoms with van der Waals surface area (Å²) >= 11 is 0. The minimum Gasteiger partial charge on any atom is -0.495 e. The van der Waals surface area contributed by atoms with Gasteiger partial charge in [-0.2, -0.15) is 4.31 Å². The second-order valence-electron chi connectivity index (χ2n) is 6.41. The van der Waals surface area contributed by atoms with Crippen LogP contribution in [-0.4, -0.2) is 38.8 Å². The van der Waals surface area contributed by atoms with Gasteiger partial charge in [0.05, 0.1) is 23.3 Å². The first kappa shape index (κ1) is 20.2. The Balaban J connectivity index is 1.92. The molecule has 1 saturated heterocycles. The van der Waals surface area contributed by atoms with E-state index in [2.05, 4.69) is 5.32 Å². The van der Waals surface area contributed by atoms with Crippen LogP contribution in [0.15, 0.2) is 41.3 Å². The zero-order chi connectivity index (χ0) is 20.3. The predicted octanol–water partition coefficient (Wildman–Crippen LogP) is 3.40. The molecular formula is C19H20F2N2O4S. The molecule has 1 heterocycles. The largest absolute Gasteiger partial charge is 0.495 e. The molecule has 3 rings (SSSR count). The van der Waals surface area contributed by atoms with E-state index in [1.165, 1.54) is 29.6 Å². The third kappa shape index (κ3) is 4.15. The fourth-order valence-electron chi connectivity index (χ4n) is 3.06. The van der Waals surface area contributed by atoms with Gasteiger partial charge in [0.1, 0.15) is 17.4 Å². The Morgan fingerprint density at radius 1 is 1.07 bits per heavy atom. The van der Waals surface area contributed by atoms with Crippen molar-refractivity contribution in [3.8, 4) is 5.75 Å². The number of carbonyl (C=O) groups excluding carboxylic acids is 1. The highest BCUT2D eigenvalue weighted by Crippen LogP contribution is 2.30. The highest BCUT2D eigenvalue weighted by molar-refractivity contribution is 7.89. The summed E-state index contributed by atoms with van der Waals surface area (Å²) in [7, 11) is -2.36. The summed E-state index contributed by atoms with van der Waals surface area (Å²) in [6.07, 6.45) is 2.57. The lowest BCUT2D eigenvalue weighted by molar-refractivity contribution is 0.102. The Labute approximate surface area is 162 Å². The number of methoxy groups -OCH3 is 1. The molecule has 1 aliphatic heterocycles. The highest BCUT2D eigenvalue weighted by Gasteiger charge is 2.27. The van der Waals surface area contributed by atoms with Crippen LogP contribution in [0.25, 0.3) is 0 Å². The first-order chi connectivity index (χ1) is 13.3. The summed E-state index contributed by atoms with van der Waals surface area (Å²) in [5, 5.41) is 2.44. The first-order valence-corrected chi connectivity index (χ1v) is 10.2. The second kappa shape index (κ2) is 8.24. The molecule has 9 heteroatoms. The summed E-state index contributed by atoms with van der Waals surface area (Å²) < 4.78 is 59.2. The molecule has 1 amide bonds. The highest BCUT2D eigenvalue weighted by atomic mass is 32.2. The number of nitrogens with one attached hydrogen (secondary N) is 1. The molecule has 1 N–H and O–H groups in total. The van der Waals surface area contributed by atoms with Crippen molar-refractivity contribution < 1.29 is 26.7 Å². The first-order valence-electron chi connectivity index (χ1n) is 8.77. The van der Waals surface area contributed by atoms with Crippen LogP contribution in [0, 0.1) is 11.6 Å². The molecule has 2 aromatic carbocycles. The number of piperidine rings is 1. The standard InChI is InChI=1S/C19H20F2N2O4S/c1-27-18-8-6-14(28(25,26)23-9-3-2-4-10-23)12-17(18)22-19(24)15-7-5-13(20)11-16(15)21/h5-8,11-12H,2-4,9-10H2,1H3,(H,22,24). The summed E-state index contributed by atoms with van der Waals surface area (Å²) in [6, 6.07) is 6.68. The van der Waals surface area contributed by atoms with Gasteiger partial charge in [0.15, 0.2) is 0 Å². The number of halogens is 2. The van der Waals surface area contributed by atoms with Gasteiger partial charge >= 0.3 is 0 Å². The second-order valence-corrected chi connectivity index (χ2v) is 8.34. The van der Waals surface area contributed by atoms with Crippen molar-refractivity contribution in [1.82, 2.24) is 4.31 Å². The number of hydrogen-bond donors (Lipinski definition) is 1. The van der Waals surface area contributed by atoms with Gasteiger partial charge in [-0.3, -0.25) is 4.79 Å². The zero-order valence-corrected chi connectivity index (χ0v) is 16.1. The average molecular weight is 410 g/mol. The Morgan fingerprint density at radius 3 is 2.43 bits per heavy atom. The average Bonchev–Trinajstić information content (AvgIpc) is 2.68. The van der Waals surface area contributed by atoms with Crippen LogP contribution >= 0.6 is 0 Å². The molecular weight excluding hydrogens is 390 g/mol. The van der Waals surface area contributed by atoms with Crippen LogP contribution in [0.4, 0.5) is 14.5 Å². The van der Waals surface area contributed by atoms with Crippen LogP contribution < -0.4 is 10.1 Å². The maximum absolute atomic E-state index is 13.9. The van der Waals surface area contributed by atoms with E-state index in [1.807, 2.05) is 0 Å². The Kier molecular flexibility index (Phi) is 5.95. The van der Waals surface area contributed by atoms with Gasteiger partial charge in [0.25, 0.3) is 5.91 Å². The topological polar surface area (TPSA) is 75.7 Å². The molecule has 0 saturated carbocycles. The van der Waals surface area contributed by atoms with Crippen molar-refractivity contribution in [2.45, 2.75) is 24.2 Å². The molecule has 0 aromatic heterocycles. The van der Waals surface area contributed by atoms with E-state index in [0.29, 0.717) is 19.2 Å².